The molecule has 1 aliphatic rings. The third-order valence-electron chi connectivity index (χ3n) is 6.64. The maximum absolute atomic E-state index is 6.99. The molecule has 0 N–H and O–H groups in total. The van der Waals surface area contributed by atoms with Crippen molar-refractivity contribution in [2.24, 2.45) is 0 Å². The summed E-state index contributed by atoms with van der Waals surface area (Å²) in [5, 5.41) is 0.857. The van der Waals surface area contributed by atoms with Crippen LogP contribution in [0.1, 0.15) is 22.3 Å². The molecular weight excluding hydrogens is 516 g/mol. The quantitative estimate of drug-likeness (QED) is 0.197. The van der Waals surface area contributed by atoms with E-state index in [0.717, 1.165) is 5.02 Å². The van der Waals surface area contributed by atoms with Crippen molar-refractivity contribution in [1.82, 2.24) is 0 Å². The zero-order valence-electron chi connectivity index (χ0n) is 19.7. The van der Waals surface area contributed by atoms with Crippen LogP contribution in [-0.4, -0.2) is 14.3 Å². The van der Waals surface area contributed by atoms with Crippen LogP contribution in [0.5, 0.6) is 0 Å². The van der Waals surface area contributed by atoms with Gasteiger partial charge in [-0.05, 0) is 0 Å². The van der Waals surface area contributed by atoms with E-state index >= 15 is 0 Å². The molecule has 36 heavy (non-hydrogen) atoms. The molecule has 0 unspecified atom stereocenters. The van der Waals surface area contributed by atoms with E-state index in [1.54, 1.807) is 0 Å². The van der Waals surface area contributed by atoms with Gasteiger partial charge in [-0.25, -0.2) is 0 Å². The van der Waals surface area contributed by atoms with E-state index in [-0.39, 0.29) is 0 Å². The summed E-state index contributed by atoms with van der Waals surface area (Å²) in [6.07, 6.45) is 0. The van der Waals surface area contributed by atoms with Crippen LogP contribution in [0, 0.1) is 0 Å². The van der Waals surface area contributed by atoms with Gasteiger partial charge in [0.25, 0.3) is 0 Å². The van der Waals surface area contributed by atoms with Crippen LogP contribution in [0.4, 0.5) is 0 Å². The second-order valence-corrected chi connectivity index (χ2v) is 14.0. The van der Waals surface area contributed by atoms with E-state index < -0.39 is 14.3 Å². The summed E-state index contributed by atoms with van der Waals surface area (Å²) in [7, 11) is 0. The summed E-state index contributed by atoms with van der Waals surface area (Å²) in [6, 6.07) is 52.1. The Kier molecular flexibility index (Phi) is 6.46. The van der Waals surface area contributed by atoms with Crippen LogP contribution in [0.25, 0.3) is 20.0 Å². The Morgan fingerprint density at radius 2 is 0.694 bits per heavy atom. The number of hydrogen-bond acceptors (Lipinski definition) is 0. The summed E-state index contributed by atoms with van der Waals surface area (Å²) in [6.45, 7) is 0. The first-order chi connectivity index (χ1) is 17.8. The first-order valence-corrected chi connectivity index (χ1v) is 15.7. The first kappa shape index (κ1) is 22.9. The molecule has 0 saturated heterocycles. The van der Waals surface area contributed by atoms with E-state index in [1.807, 2.05) is 12.1 Å². The van der Waals surface area contributed by atoms with Crippen LogP contribution < -0.4 is 4.40 Å². The summed E-state index contributed by atoms with van der Waals surface area (Å²) in [5.41, 5.74) is 7.73. The van der Waals surface area contributed by atoms with Crippen LogP contribution in [0.2, 0.25) is 5.02 Å². The van der Waals surface area contributed by atoms with Gasteiger partial charge in [0.1, 0.15) is 0 Å². The molecule has 6 rings (SSSR count). The maximum atomic E-state index is 6.99. The van der Waals surface area contributed by atoms with Crippen LogP contribution in [0.3, 0.4) is 0 Å². The predicted molar refractivity (Wildman–Crippen MR) is 156 cm³/mol. The van der Waals surface area contributed by atoms with Gasteiger partial charge in [0.05, 0.1) is 0 Å². The third-order valence-corrected chi connectivity index (χ3v) is 13.7. The van der Waals surface area contributed by atoms with Gasteiger partial charge in [-0.1, -0.05) is 0 Å². The zero-order chi connectivity index (χ0) is 24.3. The van der Waals surface area contributed by atoms with Crippen LogP contribution >= 0.6 is 11.6 Å². The van der Waals surface area contributed by atoms with Crippen molar-refractivity contribution in [3.63, 3.8) is 0 Å². The molecule has 1 heterocycles. The molecule has 0 bridgehead atoms. The van der Waals surface area contributed by atoms with Gasteiger partial charge in [-0.15, -0.1) is 0 Å². The van der Waals surface area contributed by atoms with Crippen molar-refractivity contribution in [3.8, 4) is 0 Å². The number of benzene rings is 5. The van der Waals surface area contributed by atoms with Crippen molar-refractivity contribution in [1.29, 1.82) is 0 Å². The molecular formula is C34H24ClGe. The third kappa shape index (κ3) is 4.17. The molecule has 0 amide bonds. The predicted octanol–water partition coefficient (Wildman–Crippen LogP) is 8.36. The number of hydrogen-bond donors (Lipinski definition) is 0. The monoisotopic (exact) mass is 541 g/mol. The molecule has 171 valence electrons. The van der Waals surface area contributed by atoms with E-state index in [9.17, 15) is 0 Å². The van der Waals surface area contributed by atoms with Gasteiger partial charge in [-0.2, -0.15) is 0 Å². The molecule has 0 aromatic heterocycles. The SMILES string of the molecule is Clc1cccc[c]1[Ge]1[C](c2ccccc2)=C(c2ccccc2)C(c2ccccc2)=[C]1c1ccccc1. The zero-order valence-corrected chi connectivity index (χ0v) is 22.6. The molecule has 0 atom stereocenters. The second-order valence-electron chi connectivity index (χ2n) is 8.82. The standard InChI is InChI=1S/C34H24ClGe/c35-29-23-13-14-24-30(29)36-33(27-19-9-3-10-20-27)31(25-15-5-1-6-16-25)32(26-17-7-2-8-18-26)34(36)28-21-11-4-12-22-28/h1-24H. The van der Waals surface area contributed by atoms with Crippen molar-refractivity contribution < 1.29 is 0 Å². The molecule has 0 saturated carbocycles. The minimum absolute atomic E-state index is 0.857. The van der Waals surface area contributed by atoms with Gasteiger partial charge >= 0.3 is 223 Å². The van der Waals surface area contributed by atoms with Gasteiger partial charge in [0, 0.05) is 0 Å². The fraction of sp³-hybridized carbons (Fsp3) is 0. The van der Waals surface area contributed by atoms with Crippen LogP contribution in [-0.2, 0) is 0 Å². The van der Waals surface area contributed by atoms with Crippen molar-refractivity contribution in [2.45, 2.75) is 0 Å². The van der Waals surface area contributed by atoms with Crippen LogP contribution in [0.15, 0.2) is 146 Å². The van der Waals surface area contributed by atoms with Crippen molar-refractivity contribution >= 4 is 50.3 Å². The molecule has 0 aliphatic carbocycles. The van der Waals surface area contributed by atoms with E-state index in [0.29, 0.717) is 0 Å². The summed E-state index contributed by atoms with van der Waals surface area (Å²) in [4.78, 5) is 0. The van der Waals surface area contributed by atoms with Crippen molar-refractivity contribution in [2.75, 3.05) is 0 Å². The van der Waals surface area contributed by atoms with E-state index in [1.165, 1.54) is 46.6 Å². The molecule has 5 aromatic rings. The molecule has 1 aliphatic heterocycles. The Bertz CT molecular complexity index is 1450. The van der Waals surface area contributed by atoms with Gasteiger partial charge < -0.3 is 0 Å². The number of allylic oxidation sites excluding steroid dienone is 2. The molecule has 0 fully saturated rings. The Morgan fingerprint density at radius 3 is 1.08 bits per heavy atom. The summed E-state index contributed by atoms with van der Waals surface area (Å²) < 4.78 is 4.19. The molecule has 0 spiro atoms. The number of halogens is 1. The molecule has 1 radical (unpaired) electrons. The Balaban J connectivity index is 1.79. The Labute approximate surface area is 222 Å². The topological polar surface area (TPSA) is 0 Å². The molecule has 5 aromatic carbocycles. The minimum atomic E-state index is -2.38. The fourth-order valence-corrected chi connectivity index (χ4v) is 12.7. The van der Waals surface area contributed by atoms with Gasteiger partial charge in [0.2, 0.25) is 0 Å². The van der Waals surface area contributed by atoms with Gasteiger partial charge in [-0.3, -0.25) is 0 Å². The Hall–Kier alpha value is -3.59. The summed E-state index contributed by atoms with van der Waals surface area (Å²) >= 11 is 4.61. The van der Waals surface area contributed by atoms with E-state index in [4.69, 9.17) is 11.6 Å². The first-order valence-electron chi connectivity index (χ1n) is 12.2. The average Bonchev–Trinajstić information content (AvgIpc) is 3.31. The normalized spacial score (nSPS) is 13.9. The second kappa shape index (κ2) is 10.2. The van der Waals surface area contributed by atoms with Crippen molar-refractivity contribution in [3.05, 3.63) is 173 Å². The summed E-state index contributed by atoms with van der Waals surface area (Å²) in [5.74, 6) is 0. The van der Waals surface area contributed by atoms with E-state index in [2.05, 4.69) is 133 Å². The Morgan fingerprint density at radius 1 is 0.361 bits per heavy atom. The molecule has 2 heteroatoms. The molecule has 0 nitrogen and oxygen atoms in total. The average molecular weight is 541 g/mol. The van der Waals surface area contributed by atoms with Gasteiger partial charge in [0.15, 0.2) is 0 Å². The number of rotatable bonds is 5. The fourth-order valence-electron chi connectivity index (χ4n) is 5.13.